The van der Waals surface area contributed by atoms with Crippen molar-refractivity contribution < 1.29 is 9.47 Å². The smallest absolute Gasteiger partial charge is 0.191 e. The van der Waals surface area contributed by atoms with E-state index in [4.69, 9.17) is 14.5 Å². The van der Waals surface area contributed by atoms with Crippen molar-refractivity contribution in [2.24, 2.45) is 4.99 Å². The molecule has 0 bridgehead atoms. The topological polar surface area (TPSA) is 58.1 Å². The molecule has 0 saturated carbocycles. The lowest BCUT2D eigenvalue weighted by Crippen LogP contribution is -2.42. The lowest BCUT2D eigenvalue weighted by atomic mass is 10.1. The Hall–Kier alpha value is -1.22. The van der Waals surface area contributed by atoms with Crippen LogP contribution in [0, 0.1) is 0 Å². The fourth-order valence-corrected chi connectivity index (χ4v) is 3.10. The minimum Gasteiger partial charge on any atom is -0.493 e. The minimum atomic E-state index is 0. The average molecular weight is 476 g/mol. The number of halogens is 1. The third-order valence-corrected chi connectivity index (χ3v) is 4.41. The summed E-state index contributed by atoms with van der Waals surface area (Å²) in [7, 11) is 3.31. The second-order valence-electron chi connectivity index (χ2n) is 6.18. The van der Waals surface area contributed by atoms with E-state index >= 15 is 0 Å². The zero-order valence-corrected chi connectivity index (χ0v) is 18.5. The number of aliphatic imine (C=N–C) groups is 1. The quantitative estimate of drug-likeness (QED) is 0.344. The first-order chi connectivity index (χ1) is 12.3. The van der Waals surface area contributed by atoms with Gasteiger partial charge in [-0.25, -0.2) is 4.99 Å². The number of methoxy groups -OCH3 is 2. The van der Waals surface area contributed by atoms with E-state index in [-0.39, 0.29) is 24.0 Å². The van der Waals surface area contributed by atoms with Crippen molar-refractivity contribution in [1.82, 2.24) is 15.5 Å². The molecule has 2 rings (SSSR count). The molecule has 0 spiro atoms. The Labute approximate surface area is 174 Å². The molecule has 7 heteroatoms. The highest BCUT2D eigenvalue weighted by atomic mass is 127. The van der Waals surface area contributed by atoms with Gasteiger partial charge in [-0.1, -0.05) is 18.6 Å². The fourth-order valence-electron chi connectivity index (χ4n) is 3.10. The van der Waals surface area contributed by atoms with Crippen molar-refractivity contribution in [2.75, 3.05) is 46.9 Å². The van der Waals surface area contributed by atoms with Crippen LogP contribution in [0.4, 0.5) is 0 Å². The van der Waals surface area contributed by atoms with E-state index in [0.717, 1.165) is 42.7 Å². The number of nitrogens with one attached hydrogen (secondary N) is 2. The molecule has 0 unspecified atom stereocenters. The Morgan fingerprint density at radius 1 is 1.12 bits per heavy atom. The molecule has 1 aromatic carbocycles. The molecule has 1 saturated heterocycles. The molecular formula is C19H33IN4O2. The first kappa shape index (κ1) is 22.8. The molecule has 1 aliphatic heterocycles. The van der Waals surface area contributed by atoms with E-state index in [0.29, 0.717) is 6.54 Å². The van der Waals surface area contributed by atoms with Crippen molar-refractivity contribution in [3.05, 3.63) is 23.8 Å². The van der Waals surface area contributed by atoms with Gasteiger partial charge in [0, 0.05) is 25.2 Å². The lowest BCUT2D eigenvalue weighted by Gasteiger charge is -2.26. The van der Waals surface area contributed by atoms with Crippen molar-refractivity contribution in [2.45, 2.75) is 32.7 Å². The van der Waals surface area contributed by atoms with Gasteiger partial charge in [-0.15, -0.1) is 24.0 Å². The Morgan fingerprint density at radius 2 is 1.88 bits per heavy atom. The first-order valence-electron chi connectivity index (χ1n) is 9.23. The average Bonchev–Trinajstić information content (AvgIpc) is 2.66. The van der Waals surface area contributed by atoms with Gasteiger partial charge >= 0.3 is 0 Å². The summed E-state index contributed by atoms with van der Waals surface area (Å²) in [4.78, 5) is 7.21. The summed E-state index contributed by atoms with van der Waals surface area (Å²) in [6.07, 6.45) is 4.02. The normalized spacial score (nSPS) is 15.1. The molecule has 2 N–H and O–H groups in total. The van der Waals surface area contributed by atoms with Crippen molar-refractivity contribution in [3.8, 4) is 11.5 Å². The zero-order chi connectivity index (χ0) is 17.9. The number of rotatable bonds is 8. The Morgan fingerprint density at radius 3 is 2.54 bits per heavy atom. The van der Waals surface area contributed by atoms with E-state index in [1.54, 1.807) is 14.2 Å². The van der Waals surface area contributed by atoms with Gasteiger partial charge in [-0.05, 0) is 38.9 Å². The van der Waals surface area contributed by atoms with Crippen molar-refractivity contribution in [1.29, 1.82) is 0 Å². The van der Waals surface area contributed by atoms with Crippen LogP contribution < -0.4 is 20.1 Å². The third-order valence-electron chi connectivity index (χ3n) is 4.41. The van der Waals surface area contributed by atoms with Crippen molar-refractivity contribution in [3.63, 3.8) is 0 Å². The van der Waals surface area contributed by atoms with Crippen LogP contribution >= 0.6 is 24.0 Å². The summed E-state index contributed by atoms with van der Waals surface area (Å²) in [6.45, 7) is 7.86. The molecule has 1 fully saturated rings. The zero-order valence-electron chi connectivity index (χ0n) is 16.2. The highest BCUT2D eigenvalue weighted by molar-refractivity contribution is 14.0. The van der Waals surface area contributed by atoms with Gasteiger partial charge in [-0.2, -0.15) is 0 Å². The molecule has 0 atom stereocenters. The number of benzene rings is 1. The SMILES string of the molecule is CCNC(=NCc1cccc(OC)c1OC)NCCN1CCCCC1.I. The number of nitrogens with zero attached hydrogens (tertiary/aromatic N) is 2. The predicted molar refractivity (Wildman–Crippen MR) is 118 cm³/mol. The number of hydrogen-bond donors (Lipinski definition) is 2. The van der Waals surface area contributed by atoms with E-state index < -0.39 is 0 Å². The molecule has 1 aromatic rings. The largest absolute Gasteiger partial charge is 0.493 e. The van der Waals surface area contributed by atoms with Gasteiger partial charge < -0.3 is 25.0 Å². The maximum absolute atomic E-state index is 5.48. The molecule has 1 heterocycles. The fraction of sp³-hybridized carbons (Fsp3) is 0.632. The number of guanidine groups is 1. The third kappa shape index (κ3) is 7.19. The number of hydrogen-bond acceptors (Lipinski definition) is 4. The monoisotopic (exact) mass is 476 g/mol. The maximum Gasteiger partial charge on any atom is 0.191 e. The van der Waals surface area contributed by atoms with Gasteiger partial charge in [-0.3, -0.25) is 0 Å². The number of para-hydroxylation sites is 1. The number of ether oxygens (including phenoxy) is 2. The highest BCUT2D eigenvalue weighted by Gasteiger charge is 2.11. The minimum absolute atomic E-state index is 0. The van der Waals surface area contributed by atoms with Crippen LogP contribution in [-0.4, -0.2) is 57.8 Å². The van der Waals surface area contributed by atoms with Gasteiger partial charge in [0.1, 0.15) is 0 Å². The lowest BCUT2D eigenvalue weighted by molar-refractivity contribution is 0.232. The van der Waals surface area contributed by atoms with Crippen LogP contribution in [0.5, 0.6) is 11.5 Å². The second kappa shape index (κ2) is 13.0. The van der Waals surface area contributed by atoms with E-state index in [1.165, 1.54) is 32.4 Å². The highest BCUT2D eigenvalue weighted by Crippen LogP contribution is 2.30. The predicted octanol–water partition coefficient (Wildman–Crippen LogP) is 2.86. The molecule has 6 nitrogen and oxygen atoms in total. The Balaban J connectivity index is 0.00000338. The van der Waals surface area contributed by atoms with Crippen LogP contribution in [0.3, 0.4) is 0 Å². The van der Waals surface area contributed by atoms with E-state index in [9.17, 15) is 0 Å². The van der Waals surface area contributed by atoms with Gasteiger partial charge in [0.2, 0.25) is 0 Å². The molecule has 0 radical (unpaired) electrons. The van der Waals surface area contributed by atoms with Crippen LogP contribution in [0.2, 0.25) is 0 Å². The van der Waals surface area contributed by atoms with Crippen LogP contribution in [0.1, 0.15) is 31.7 Å². The molecule has 0 aliphatic carbocycles. The second-order valence-corrected chi connectivity index (χ2v) is 6.18. The summed E-state index contributed by atoms with van der Waals surface area (Å²) < 4.78 is 10.8. The van der Waals surface area contributed by atoms with Crippen LogP contribution in [0.15, 0.2) is 23.2 Å². The first-order valence-corrected chi connectivity index (χ1v) is 9.23. The van der Waals surface area contributed by atoms with Gasteiger partial charge in [0.25, 0.3) is 0 Å². The molecular weight excluding hydrogens is 443 g/mol. The molecule has 0 amide bonds. The standard InChI is InChI=1S/C19H32N4O2.HI/c1-4-20-19(21-11-14-23-12-6-5-7-13-23)22-15-16-9-8-10-17(24-2)18(16)25-3;/h8-10H,4-7,11-15H2,1-3H3,(H2,20,21,22);1H. The molecule has 148 valence electrons. The summed E-state index contributed by atoms with van der Waals surface area (Å²) >= 11 is 0. The number of piperidine rings is 1. The number of likely N-dealkylation sites (tertiary alicyclic amines) is 1. The summed E-state index contributed by atoms with van der Waals surface area (Å²) in [5.41, 5.74) is 1.01. The van der Waals surface area contributed by atoms with E-state index in [2.05, 4.69) is 22.5 Å². The molecule has 26 heavy (non-hydrogen) atoms. The Bertz CT molecular complexity index is 548. The summed E-state index contributed by atoms with van der Waals surface area (Å²) in [6, 6.07) is 5.87. The van der Waals surface area contributed by atoms with Gasteiger partial charge in [0.15, 0.2) is 17.5 Å². The molecule has 1 aliphatic rings. The summed E-state index contributed by atoms with van der Waals surface area (Å²) in [5.74, 6) is 2.32. The van der Waals surface area contributed by atoms with E-state index in [1.807, 2.05) is 18.2 Å². The maximum atomic E-state index is 5.48. The van der Waals surface area contributed by atoms with Crippen LogP contribution in [-0.2, 0) is 6.54 Å². The molecule has 0 aromatic heterocycles. The van der Waals surface area contributed by atoms with Crippen molar-refractivity contribution >= 4 is 29.9 Å². The van der Waals surface area contributed by atoms with Crippen LogP contribution in [0.25, 0.3) is 0 Å². The summed E-state index contributed by atoms with van der Waals surface area (Å²) in [5, 5.41) is 6.73. The van der Waals surface area contributed by atoms with Gasteiger partial charge in [0.05, 0.1) is 20.8 Å². The Kier molecular flexibility index (Phi) is 11.4.